The Kier molecular flexibility index (Phi) is 7.77. The molecule has 0 aromatic heterocycles. The molecule has 0 aliphatic heterocycles. The number of hydrogen-bond donors (Lipinski definition) is 3. The first-order valence-electron chi connectivity index (χ1n) is 7.84. The summed E-state index contributed by atoms with van der Waals surface area (Å²) in [5.41, 5.74) is 3.34. The number of rotatable bonds is 4. The lowest BCUT2D eigenvalue weighted by molar-refractivity contribution is 0.0934. The summed E-state index contributed by atoms with van der Waals surface area (Å²) in [5, 5.41) is 8.77. The lowest BCUT2D eigenvalue weighted by Gasteiger charge is -2.28. The zero-order chi connectivity index (χ0) is 20.2. The molecule has 27 heavy (non-hydrogen) atoms. The molecule has 0 unspecified atom stereocenters. The first-order chi connectivity index (χ1) is 12.6. The van der Waals surface area contributed by atoms with E-state index in [9.17, 15) is 4.79 Å². The van der Waals surface area contributed by atoms with Crippen LogP contribution in [0.3, 0.4) is 0 Å². The van der Waals surface area contributed by atoms with Crippen molar-refractivity contribution in [3.8, 4) is 0 Å². The number of aryl methyl sites for hydroxylation is 2. The average Bonchev–Trinajstić information content (AvgIpc) is 2.57. The monoisotopic (exact) mass is 507 g/mol. The molecule has 0 bridgehead atoms. The third-order valence-corrected chi connectivity index (χ3v) is 5.03. The summed E-state index contributed by atoms with van der Waals surface area (Å²) < 4.78 is -0.965. The standard InChI is InChI=1S/C18H17BrCl3N3OS/c1-10-3-4-11(2)14(9-10)23-17(27)25-16(18(20,21)22)24-15(26)12-5-7-13(19)8-6-12/h3-9,16H,1-2H3,(H,24,26)(H2,23,25,27)/t16-/m1/s1. The Morgan fingerprint density at radius 3 is 2.30 bits per heavy atom. The minimum Gasteiger partial charge on any atom is -0.339 e. The maximum Gasteiger partial charge on any atom is 0.252 e. The van der Waals surface area contributed by atoms with Crippen molar-refractivity contribution in [3.63, 3.8) is 0 Å². The lowest BCUT2D eigenvalue weighted by Crippen LogP contribution is -2.56. The van der Waals surface area contributed by atoms with E-state index in [0.29, 0.717) is 5.56 Å². The van der Waals surface area contributed by atoms with Gasteiger partial charge in [0.1, 0.15) is 6.17 Å². The van der Waals surface area contributed by atoms with Crippen LogP contribution in [0.5, 0.6) is 0 Å². The largest absolute Gasteiger partial charge is 0.339 e. The van der Waals surface area contributed by atoms with Crippen molar-refractivity contribution in [2.24, 2.45) is 0 Å². The van der Waals surface area contributed by atoms with E-state index in [1.165, 1.54) is 0 Å². The Morgan fingerprint density at radius 2 is 1.70 bits per heavy atom. The second kappa shape index (κ2) is 9.43. The van der Waals surface area contributed by atoms with Crippen LogP contribution in [0.15, 0.2) is 46.9 Å². The highest BCUT2D eigenvalue weighted by molar-refractivity contribution is 9.10. The fraction of sp³-hybridized carbons (Fsp3) is 0.222. The van der Waals surface area contributed by atoms with Crippen molar-refractivity contribution < 1.29 is 4.79 Å². The van der Waals surface area contributed by atoms with Crippen molar-refractivity contribution in [2.75, 3.05) is 5.32 Å². The summed E-state index contributed by atoms with van der Waals surface area (Å²) in [5.74, 6) is -0.402. The number of alkyl halides is 3. The molecule has 0 aliphatic carbocycles. The number of anilines is 1. The van der Waals surface area contributed by atoms with Gasteiger partial charge in [0.2, 0.25) is 3.79 Å². The molecule has 0 spiro atoms. The smallest absolute Gasteiger partial charge is 0.252 e. The number of amides is 1. The second-order valence-corrected chi connectivity index (χ2v) is 9.56. The van der Waals surface area contributed by atoms with Crippen molar-refractivity contribution in [1.82, 2.24) is 10.6 Å². The normalized spacial score (nSPS) is 12.2. The first kappa shape index (κ1) is 22.2. The van der Waals surface area contributed by atoms with Crippen LogP contribution >= 0.6 is 63.0 Å². The fourth-order valence-electron chi connectivity index (χ4n) is 2.18. The number of nitrogens with one attached hydrogen (secondary N) is 3. The number of hydrogen-bond acceptors (Lipinski definition) is 2. The van der Waals surface area contributed by atoms with E-state index in [-0.39, 0.29) is 5.11 Å². The van der Waals surface area contributed by atoms with E-state index in [1.807, 2.05) is 32.0 Å². The van der Waals surface area contributed by atoms with Crippen LogP contribution in [-0.2, 0) is 0 Å². The van der Waals surface area contributed by atoms with Gasteiger partial charge in [0.25, 0.3) is 5.91 Å². The predicted molar refractivity (Wildman–Crippen MR) is 121 cm³/mol. The van der Waals surface area contributed by atoms with Crippen molar-refractivity contribution in [1.29, 1.82) is 0 Å². The predicted octanol–water partition coefficient (Wildman–Crippen LogP) is 5.48. The van der Waals surface area contributed by atoms with Gasteiger partial charge in [-0.1, -0.05) is 62.9 Å². The van der Waals surface area contributed by atoms with Crippen LogP contribution in [0.2, 0.25) is 0 Å². The molecule has 0 fully saturated rings. The maximum atomic E-state index is 12.4. The molecule has 2 aromatic carbocycles. The van der Waals surface area contributed by atoms with Crippen molar-refractivity contribution in [3.05, 3.63) is 63.6 Å². The quantitative estimate of drug-likeness (QED) is 0.290. The van der Waals surface area contributed by atoms with E-state index in [0.717, 1.165) is 21.3 Å². The molecule has 144 valence electrons. The minimum atomic E-state index is -1.82. The van der Waals surface area contributed by atoms with Gasteiger partial charge in [-0.25, -0.2) is 0 Å². The molecule has 1 amide bonds. The lowest BCUT2D eigenvalue weighted by atomic mass is 10.1. The third-order valence-electron chi connectivity index (χ3n) is 3.63. The average molecular weight is 510 g/mol. The number of carbonyl (C=O) groups excluding carboxylic acids is 1. The molecule has 2 aromatic rings. The molecular weight excluding hydrogens is 493 g/mol. The highest BCUT2D eigenvalue weighted by Gasteiger charge is 2.35. The summed E-state index contributed by atoms with van der Waals surface area (Å²) in [6, 6.07) is 12.7. The minimum absolute atomic E-state index is 0.219. The van der Waals surface area contributed by atoms with E-state index in [1.54, 1.807) is 24.3 Å². The van der Waals surface area contributed by atoms with Crippen molar-refractivity contribution in [2.45, 2.75) is 23.8 Å². The van der Waals surface area contributed by atoms with Gasteiger partial charge >= 0.3 is 0 Å². The van der Waals surface area contributed by atoms with Gasteiger partial charge in [-0.05, 0) is 67.5 Å². The SMILES string of the molecule is Cc1ccc(C)c(NC(=S)N[C@@H](NC(=O)c2ccc(Br)cc2)C(Cl)(Cl)Cl)c1. The van der Waals surface area contributed by atoms with E-state index >= 15 is 0 Å². The third kappa shape index (κ3) is 6.80. The van der Waals surface area contributed by atoms with E-state index in [2.05, 4.69) is 31.9 Å². The fourth-order valence-corrected chi connectivity index (χ4v) is 2.99. The molecule has 0 radical (unpaired) electrons. The molecule has 1 atom stereocenters. The Hall–Kier alpha value is -1.05. The van der Waals surface area contributed by atoms with Crippen molar-refractivity contribution >= 4 is 79.7 Å². The number of carbonyl (C=O) groups is 1. The highest BCUT2D eigenvalue weighted by Crippen LogP contribution is 2.29. The zero-order valence-electron chi connectivity index (χ0n) is 14.4. The molecule has 4 nitrogen and oxygen atoms in total. The molecular formula is C18H17BrCl3N3OS. The van der Waals surface area contributed by atoms with Crippen LogP contribution in [0.25, 0.3) is 0 Å². The van der Waals surface area contributed by atoms with Crippen LogP contribution < -0.4 is 16.0 Å². The van der Waals surface area contributed by atoms with Crippen LogP contribution in [0, 0.1) is 13.8 Å². The Balaban J connectivity index is 2.10. The summed E-state index contributed by atoms with van der Waals surface area (Å²) in [6.07, 6.45) is -1.04. The van der Waals surface area contributed by atoms with Gasteiger partial charge in [0.15, 0.2) is 5.11 Å². The summed E-state index contributed by atoms with van der Waals surface area (Å²) in [6.45, 7) is 3.93. The zero-order valence-corrected chi connectivity index (χ0v) is 19.1. The van der Waals surface area contributed by atoms with Gasteiger partial charge < -0.3 is 16.0 Å². The maximum absolute atomic E-state index is 12.4. The molecule has 0 saturated carbocycles. The Labute approximate surface area is 187 Å². The molecule has 3 N–H and O–H groups in total. The topological polar surface area (TPSA) is 53.2 Å². The summed E-state index contributed by atoms with van der Waals surface area (Å²) in [4.78, 5) is 12.4. The molecule has 0 aliphatic rings. The number of thiocarbonyl (C=S) groups is 1. The first-order valence-corrected chi connectivity index (χ1v) is 10.2. The molecule has 0 heterocycles. The summed E-state index contributed by atoms with van der Waals surface area (Å²) in [7, 11) is 0. The van der Waals surface area contributed by atoms with Gasteiger partial charge in [-0.15, -0.1) is 0 Å². The number of benzene rings is 2. The Bertz CT molecular complexity index is 841. The van der Waals surface area contributed by atoms with Crippen LogP contribution in [-0.4, -0.2) is 21.0 Å². The second-order valence-electron chi connectivity index (χ2n) is 5.87. The van der Waals surface area contributed by atoms with Gasteiger partial charge in [-0.2, -0.15) is 0 Å². The molecule has 9 heteroatoms. The van der Waals surface area contributed by atoms with E-state index < -0.39 is 15.9 Å². The molecule has 2 rings (SSSR count). The van der Waals surface area contributed by atoms with Gasteiger partial charge in [-0.3, -0.25) is 4.79 Å². The van der Waals surface area contributed by atoms with Gasteiger partial charge in [0, 0.05) is 15.7 Å². The summed E-state index contributed by atoms with van der Waals surface area (Å²) >= 11 is 26.7. The highest BCUT2D eigenvalue weighted by atomic mass is 79.9. The van der Waals surface area contributed by atoms with E-state index in [4.69, 9.17) is 47.0 Å². The Morgan fingerprint density at radius 1 is 1.07 bits per heavy atom. The number of halogens is 4. The van der Waals surface area contributed by atoms with Gasteiger partial charge in [0.05, 0.1) is 0 Å². The molecule has 0 saturated heterocycles. The van der Waals surface area contributed by atoms with Crippen LogP contribution in [0.1, 0.15) is 21.5 Å². The van der Waals surface area contributed by atoms with Crippen LogP contribution in [0.4, 0.5) is 5.69 Å².